The molecule has 1 aromatic heterocycles. The lowest BCUT2D eigenvalue weighted by Crippen LogP contribution is -1.89. The van der Waals surface area contributed by atoms with E-state index < -0.39 is 0 Å². The van der Waals surface area contributed by atoms with E-state index in [4.69, 9.17) is 0 Å². The first-order valence-corrected chi connectivity index (χ1v) is 5.13. The van der Waals surface area contributed by atoms with Gasteiger partial charge in [0.2, 0.25) is 11.2 Å². The number of aliphatic imine (C=N–C) groups is 1. The van der Waals surface area contributed by atoms with Gasteiger partial charge >= 0.3 is 0 Å². The maximum atomic E-state index is 9.95. The van der Waals surface area contributed by atoms with E-state index in [0.717, 1.165) is 5.01 Å². The molecule has 0 atom stereocenters. The van der Waals surface area contributed by atoms with Crippen molar-refractivity contribution in [1.82, 2.24) is 10.2 Å². The predicted octanol–water partition coefficient (Wildman–Crippen LogP) is 2.16. The molecule has 1 aliphatic rings. The second kappa shape index (κ2) is 3.77. The highest BCUT2D eigenvalue weighted by atomic mass is 32.1. The summed E-state index contributed by atoms with van der Waals surface area (Å²) >= 11 is 1.40. The summed E-state index contributed by atoms with van der Waals surface area (Å²) in [4.78, 5) is 13.4. The monoisotopic (exact) mass is 195 g/mol. The lowest BCUT2D eigenvalue weighted by atomic mass is 10.1. The normalized spacial score (nSPS) is 17.2. The van der Waals surface area contributed by atoms with Crippen LogP contribution in [0.4, 0.5) is 5.13 Å². The molecule has 68 valence electrons. The summed E-state index contributed by atoms with van der Waals surface area (Å²) < 4.78 is 0. The number of hydrogen-bond donors (Lipinski definition) is 0. The van der Waals surface area contributed by atoms with E-state index in [1.165, 1.54) is 43.1 Å². The maximum Gasteiger partial charge on any atom is 0.242 e. The zero-order valence-corrected chi connectivity index (χ0v) is 7.88. The van der Waals surface area contributed by atoms with Crippen LogP contribution < -0.4 is 0 Å². The van der Waals surface area contributed by atoms with Crippen LogP contribution in [0.15, 0.2) is 4.99 Å². The Kier molecular flexibility index (Phi) is 2.47. The lowest BCUT2D eigenvalue weighted by Gasteiger charge is -2.00. The minimum Gasteiger partial charge on any atom is -0.211 e. The van der Waals surface area contributed by atoms with Crippen LogP contribution in [-0.4, -0.2) is 16.3 Å². The highest BCUT2D eigenvalue weighted by Gasteiger charge is 2.20. The topological polar surface area (TPSA) is 55.2 Å². The fourth-order valence-electron chi connectivity index (χ4n) is 1.65. The smallest absolute Gasteiger partial charge is 0.211 e. The van der Waals surface area contributed by atoms with E-state index in [0.29, 0.717) is 11.0 Å². The van der Waals surface area contributed by atoms with Crippen molar-refractivity contribution in [2.24, 2.45) is 4.99 Å². The minimum absolute atomic E-state index is 0.428. The summed E-state index contributed by atoms with van der Waals surface area (Å²) in [6.45, 7) is 0. The molecule has 0 saturated heterocycles. The van der Waals surface area contributed by atoms with Gasteiger partial charge in [-0.25, -0.2) is 4.79 Å². The molecule has 13 heavy (non-hydrogen) atoms. The molecule has 2 rings (SSSR count). The molecule has 1 fully saturated rings. The molecule has 0 spiro atoms. The molecule has 1 saturated carbocycles. The van der Waals surface area contributed by atoms with Crippen molar-refractivity contribution in [3.63, 3.8) is 0 Å². The number of rotatable bonds is 2. The van der Waals surface area contributed by atoms with Gasteiger partial charge in [-0.2, -0.15) is 0 Å². The van der Waals surface area contributed by atoms with Crippen LogP contribution in [0.2, 0.25) is 0 Å². The average Bonchev–Trinajstić information content (AvgIpc) is 2.70. The van der Waals surface area contributed by atoms with Gasteiger partial charge in [0.25, 0.3) is 0 Å². The molecule has 0 N–H and O–H groups in total. The second-order valence-corrected chi connectivity index (χ2v) is 4.09. The third kappa shape index (κ3) is 1.82. The van der Waals surface area contributed by atoms with Gasteiger partial charge in [-0.15, -0.1) is 15.2 Å². The Bertz CT molecular complexity index is 337. The van der Waals surface area contributed by atoms with Crippen molar-refractivity contribution < 1.29 is 4.79 Å². The van der Waals surface area contributed by atoms with Gasteiger partial charge in [0.05, 0.1) is 0 Å². The quantitative estimate of drug-likeness (QED) is 0.536. The van der Waals surface area contributed by atoms with Crippen LogP contribution in [0.1, 0.15) is 36.6 Å². The van der Waals surface area contributed by atoms with Gasteiger partial charge in [-0.3, -0.25) is 0 Å². The molecular formula is C8H9N3OS. The molecule has 1 aliphatic carbocycles. The lowest BCUT2D eigenvalue weighted by molar-refractivity contribution is 0.565. The number of carbonyl (C=O) groups excluding carboxylic acids is 1. The van der Waals surface area contributed by atoms with E-state index in [1.807, 2.05) is 0 Å². The number of hydrogen-bond acceptors (Lipinski definition) is 5. The Balaban J connectivity index is 2.16. The predicted molar refractivity (Wildman–Crippen MR) is 48.9 cm³/mol. The number of nitrogens with zero attached hydrogens (tertiary/aromatic N) is 3. The molecule has 1 aromatic rings. The summed E-state index contributed by atoms with van der Waals surface area (Å²) in [5, 5.41) is 9.25. The zero-order chi connectivity index (χ0) is 9.10. The van der Waals surface area contributed by atoms with Crippen molar-refractivity contribution in [2.45, 2.75) is 31.6 Å². The van der Waals surface area contributed by atoms with Gasteiger partial charge < -0.3 is 0 Å². The number of isocyanates is 1. The molecule has 1 heterocycles. The standard InChI is InChI=1S/C8H9N3OS/c12-5-9-8-11-10-7(13-8)6-3-1-2-4-6/h6H,1-4H2. The van der Waals surface area contributed by atoms with Crippen LogP contribution in [-0.2, 0) is 4.79 Å². The van der Waals surface area contributed by atoms with Crippen LogP contribution in [0, 0.1) is 0 Å². The fraction of sp³-hybridized carbons (Fsp3) is 0.625. The van der Waals surface area contributed by atoms with Crippen molar-refractivity contribution >= 4 is 22.5 Å². The van der Waals surface area contributed by atoms with E-state index in [9.17, 15) is 4.79 Å². The average molecular weight is 195 g/mol. The molecule has 5 heteroatoms. The van der Waals surface area contributed by atoms with Crippen LogP contribution in [0.25, 0.3) is 0 Å². The fourth-order valence-corrected chi connectivity index (χ4v) is 2.48. The van der Waals surface area contributed by atoms with Crippen LogP contribution >= 0.6 is 11.3 Å². The van der Waals surface area contributed by atoms with Gasteiger partial charge in [0.1, 0.15) is 5.01 Å². The van der Waals surface area contributed by atoms with Crippen molar-refractivity contribution in [3.8, 4) is 0 Å². The molecule has 0 amide bonds. The summed E-state index contributed by atoms with van der Waals surface area (Å²) in [6.07, 6.45) is 6.41. The molecule has 0 radical (unpaired) electrons. The first-order chi connectivity index (χ1) is 6.40. The third-order valence-corrected chi connectivity index (χ3v) is 3.26. The van der Waals surface area contributed by atoms with E-state index in [-0.39, 0.29) is 0 Å². The Morgan fingerprint density at radius 3 is 2.85 bits per heavy atom. The molecule has 0 aliphatic heterocycles. The first-order valence-electron chi connectivity index (χ1n) is 4.31. The summed E-state index contributed by atoms with van der Waals surface area (Å²) in [5.41, 5.74) is 0. The highest BCUT2D eigenvalue weighted by molar-refractivity contribution is 7.15. The molecular weight excluding hydrogens is 186 g/mol. The van der Waals surface area contributed by atoms with Crippen LogP contribution in [0.3, 0.4) is 0 Å². The highest BCUT2D eigenvalue weighted by Crippen LogP contribution is 2.36. The Hall–Kier alpha value is -1.06. The third-order valence-electron chi connectivity index (χ3n) is 2.28. The SMILES string of the molecule is O=C=Nc1nnc(C2CCCC2)s1. The molecule has 0 aromatic carbocycles. The Morgan fingerprint density at radius 2 is 2.15 bits per heavy atom. The Labute approximate surface area is 79.7 Å². The van der Waals surface area contributed by atoms with Crippen molar-refractivity contribution in [2.75, 3.05) is 0 Å². The zero-order valence-electron chi connectivity index (χ0n) is 7.06. The van der Waals surface area contributed by atoms with Crippen LogP contribution in [0.5, 0.6) is 0 Å². The summed E-state index contributed by atoms with van der Waals surface area (Å²) in [7, 11) is 0. The first kappa shape index (κ1) is 8.53. The van der Waals surface area contributed by atoms with E-state index in [1.54, 1.807) is 0 Å². The van der Waals surface area contributed by atoms with Gasteiger partial charge in [0, 0.05) is 5.92 Å². The summed E-state index contributed by atoms with van der Waals surface area (Å²) in [5.74, 6) is 0.549. The van der Waals surface area contributed by atoms with Crippen molar-refractivity contribution in [3.05, 3.63) is 5.01 Å². The van der Waals surface area contributed by atoms with Crippen molar-refractivity contribution in [1.29, 1.82) is 0 Å². The minimum atomic E-state index is 0.428. The molecule has 0 bridgehead atoms. The summed E-state index contributed by atoms with van der Waals surface area (Å²) in [6, 6.07) is 0. The van der Waals surface area contributed by atoms with Gasteiger partial charge in [-0.1, -0.05) is 24.2 Å². The maximum absolute atomic E-state index is 9.95. The van der Waals surface area contributed by atoms with Gasteiger partial charge in [-0.05, 0) is 12.8 Å². The van der Waals surface area contributed by atoms with Gasteiger partial charge in [0.15, 0.2) is 0 Å². The molecule has 4 nitrogen and oxygen atoms in total. The molecule has 0 unspecified atom stereocenters. The van der Waals surface area contributed by atoms with E-state index in [2.05, 4.69) is 15.2 Å². The second-order valence-electron chi connectivity index (χ2n) is 3.11. The number of aromatic nitrogens is 2. The largest absolute Gasteiger partial charge is 0.242 e. The Morgan fingerprint density at radius 1 is 1.38 bits per heavy atom. The van der Waals surface area contributed by atoms with E-state index >= 15 is 0 Å².